The number of benzene rings is 2. The Balaban J connectivity index is 1.99. The lowest BCUT2D eigenvalue weighted by atomic mass is 9.91. The third kappa shape index (κ3) is 4.80. The molecule has 1 aliphatic rings. The molecule has 2 aromatic carbocycles. The molecule has 0 radical (unpaired) electrons. The number of rotatable bonds is 6. The first-order valence-corrected chi connectivity index (χ1v) is 10.3. The van der Waals surface area contributed by atoms with E-state index in [0.717, 1.165) is 46.6 Å². The van der Waals surface area contributed by atoms with E-state index in [2.05, 4.69) is 45.0 Å². The molecule has 0 aliphatic carbocycles. The summed E-state index contributed by atoms with van der Waals surface area (Å²) in [6.07, 6.45) is 3.77. The highest BCUT2D eigenvalue weighted by Crippen LogP contribution is 2.39. The van der Waals surface area contributed by atoms with Crippen molar-refractivity contribution in [3.8, 4) is 29.3 Å². The van der Waals surface area contributed by atoms with Crippen LogP contribution in [0.25, 0.3) is 0 Å². The van der Waals surface area contributed by atoms with E-state index in [9.17, 15) is 0 Å². The molecular weight excluding hydrogens is 434 g/mol. The number of methoxy groups -OCH3 is 3. The molecule has 6 heteroatoms. The van der Waals surface area contributed by atoms with Gasteiger partial charge in [-0.3, -0.25) is 4.90 Å². The van der Waals surface area contributed by atoms with Gasteiger partial charge in [-0.15, -0.1) is 0 Å². The Labute approximate surface area is 181 Å². The van der Waals surface area contributed by atoms with Crippen LogP contribution in [0.3, 0.4) is 0 Å². The fourth-order valence-electron chi connectivity index (χ4n) is 3.52. The van der Waals surface area contributed by atoms with Crippen molar-refractivity contribution in [3.05, 3.63) is 51.5 Å². The molecule has 0 amide bonds. The monoisotopic (exact) mass is 459 g/mol. The highest BCUT2D eigenvalue weighted by molar-refractivity contribution is 9.10. The van der Waals surface area contributed by atoms with Crippen LogP contribution >= 0.6 is 15.9 Å². The molecule has 1 atom stereocenters. The van der Waals surface area contributed by atoms with Crippen molar-refractivity contribution in [2.45, 2.75) is 25.9 Å². The largest absolute Gasteiger partial charge is 0.497 e. The van der Waals surface area contributed by atoms with Crippen LogP contribution < -0.4 is 14.2 Å². The van der Waals surface area contributed by atoms with Gasteiger partial charge in [-0.05, 0) is 66.3 Å². The number of halogens is 1. The van der Waals surface area contributed by atoms with Crippen LogP contribution in [0.2, 0.25) is 0 Å². The van der Waals surface area contributed by atoms with Crippen LogP contribution in [0.1, 0.15) is 29.7 Å². The first-order chi connectivity index (χ1) is 14.1. The summed E-state index contributed by atoms with van der Waals surface area (Å²) in [5, 5.41) is 0. The van der Waals surface area contributed by atoms with Gasteiger partial charge in [0.05, 0.1) is 27.9 Å². The first kappa shape index (κ1) is 21.4. The van der Waals surface area contributed by atoms with Gasteiger partial charge in [0.25, 0.3) is 0 Å². The molecule has 0 spiro atoms. The van der Waals surface area contributed by atoms with Crippen LogP contribution in [0.4, 0.5) is 0 Å². The van der Waals surface area contributed by atoms with Gasteiger partial charge < -0.3 is 18.9 Å². The average molecular weight is 460 g/mol. The standard InChI is InChI=1S/C23H26BrNO4/c1-5-29-11-9-21-19-14-23(28-4)22(27-3)13-16(19)8-10-25(21)15-17-12-18(26-2)6-7-20(17)24/h6-7,12-14,21H,5,8,10,15H2,1-4H3. The van der Waals surface area contributed by atoms with Gasteiger partial charge in [0.15, 0.2) is 11.5 Å². The Morgan fingerprint density at radius 1 is 1.07 bits per heavy atom. The second-order valence-corrected chi connectivity index (χ2v) is 7.52. The SMILES string of the molecule is CCOC#CC1c2cc(OC)c(OC)cc2CCN1Cc1cc(OC)ccc1Br. The van der Waals surface area contributed by atoms with Crippen molar-refractivity contribution in [2.75, 3.05) is 34.5 Å². The van der Waals surface area contributed by atoms with Crippen LogP contribution in [-0.4, -0.2) is 39.4 Å². The first-order valence-electron chi connectivity index (χ1n) is 9.54. The molecule has 1 aliphatic heterocycles. The Morgan fingerprint density at radius 3 is 2.52 bits per heavy atom. The maximum Gasteiger partial charge on any atom is 0.161 e. The van der Waals surface area contributed by atoms with Gasteiger partial charge in [0.1, 0.15) is 17.9 Å². The second-order valence-electron chi connectivity index (χ2n) is 6.67. The van der Waals surface area contributed by atoms with Gasteiger partial charge in [0.2, 0.25) is 0 Å². The van der Waals surface area contributed by atoms with Crippen molar-refractivity contribution in [2.24, 2.45) is 0 Å². The maximum atomic E-state index is 5.53. The van der Waals surface area contributed by atoms with E-state index in [-0.39, 0.29) is 6.04 Å². The fraction of sp³-hybridized carbons (Fsp3) is 0.391. The van der Waals surface area contributed by atoms with E-state index >= 15 is 0 Å². The van der Waals surface area contributed by atoms with E-state index in [4.69, 9.17) is 18.9 Å². The quantitative estimate of drug-likeness (QED) is 0.591. The number of fused-ring (bicyclic) bond motifs is 1. The normalized spacial score (nSPS) is 15.7. The van der Waals surface area contributed by atoms with E-state index in [1.165, 1.54) is 5.56 Å². The molecule has 1 heterocycles. The third-order valence-electron chi connectivity index (χ3n) is 5.01. The summed E-state index contributed by atoms with van der Waals surface area (Å²) in [7, 11) is 4.99. The number of ether oxygens (including phenoxy) is 4. The molecule has 0 saturated carbocycles. The number of hydrogen-bond donors (Lipinski definition) is 0. The maximum absolute atomic E-state index is 5.53. The van der Waals surface area contributed by atoms with E-state index in [1.54, 1.807) is 21.3 Å². The molecule has 2 aromatic rings. The predicted octanol–water partition coefficient (Wildman–Crippen LogP) is 4.57. The Morgan fingerprint density at radius 2 is 1.83 bits per heavy atom. The van der Waals surface area contributed by atoms with Crippen molar-refractivity contribution in [3.63, 3.8) is 0 Å². The molecule has 1 unspecified atom stereocenters. The zero-order valence-corrected chi connectivity index (χ0v) is 18.8. The van der Waals surface area contributed by atoms with E-state index in [1.807, 2.05) is 25.1 Å². The lowest BCUT2D eigenvalue weighted by Crippen LogP contribution is -2.34. The second kappa shape index (κ2) is 9.91. The smallest absolute Gasteiger partial charge is 0.161 e. The topological polar surface area (TPSA) is 40.2 Å². The molecule has 5 nitrogen and oxygen atoms in total. The Hall–Kier alpha value is -2.36. The molecule has 0 bridgehead atoms. The minimum absolute atomic E-state index is 0.108. The summed E-state index contributed by atoms with van der Waals surface area (Å²) >= 11 is 3.66. The van der Waals surface area contributed by atoms with E-state index < -0.39 is 0 Å². The lowest BCUT2D eigenvalue weighted by molar-refractivity contribution is 0.212. The van der Waals surface area contributed by atoms with Crippen molar-refractivity contribution in [1.82, 2.24) is 4.90 Å². The summed E-state index contributed by atoms with van der Waals surface area (Å²) in [6, 6.07) is 10.0. The van der Waals surface area contributed by atoms with Gasteiger partial charge in [0, 0.05) is 17.6 Å². The fourth-order valence-corrected chi connectivity index (χ4v) is 3.90. The van der Waals surface area contributed by atoms with Crippen LogP contribution in [0, 0.1) is 12.0 Å². The van der Waals surface area contributed by atoms with Gasteiger partial charge in [-0.2, -0.15) is 0 Å². The summed E-state index contributed by atoms with van der Waals surface area (Å²) in [6.45, 7) is 4.09. The Kier molecular flexibility index (Phi) is 7.29. The molecule has 0 fully saturated rings. The predicted molar refractivity (Wildman–Crippen MR) is 116 cm³/mol. The van der Waals surface area contributed by atoms with Gasteiger partial charge >= 0.3 is 0 Å². The van der Waals surface area contributed by atoms with Gasteiger partial charge in [-0.25, -0.2) is 0 Å². The van der Waals surface area contributed by atoms with Crippen molar-refractivity contribution in [1.29, 1.82) is 0 Å². The summed E-state index contributed by atoms with van der Waals surface area (Å²) in [5.74, 6) is 5.58. The van der Waals surface area contributed by atoms with Crippen molar-refractivity contribution >= 4 is 15.9 Å². The summed E-state index contributed by atoms with van der Waals surface area (Å²) < 4.78 is 22.8. The Bertz CT molecular complexity index is 919. The molecule has 29 heavy (non-hydrogen) atoms. The van der Waals surface area contributed by atoms with Crippen molar-refractivity contribution < 1.29 is 18.9 Å². The molecule has 0 aromatic heterocycles. The molecule has 3 rings (SSSR count). The van der Waals surface area contributed by atoms with E-state index in [0.29, 0.717) is 12.4 Å². The van der Waals surface area contributed by atoms with Crippen LogP contribution in [0.5, 0.6) is 17.2 Å². The molecule has 0 N–H and O–H groups in total. The number of nitrogens with zero attached hydrogens (tertiary/aromatic N) is 1. The zero-order chi connectivity index (χ0) is 20.8. The summed E-state index contributed by atoms with van der Waals surface area (Å²) in [4.78, 5) is 2.35. The highest BCUT2D eigenvalue weighted by Gasteiger charge is 2.28. The molecular formula is C23H26BrNO4. The minimum atomic E-state index is -0.108. The van der Waals surface area contributed by atoms with Crippen LogP contribution in [0.15, 0.2) is 34.8 Å². The third-order valence-corrected chi connectivity index (χ3v) is 5.79. The zero-order valence-electron chi connectivity index (χ0n) is 17.3. The van der Waals surface area contributed by atoms with Gasteiger partial charge in [-0.1, -0.05) is 15.9 Å². The average Bonchev–Trinajstić information content (AvgIpc) is 2.75. The van der Waals surface area contributed by atoms with Crippen LogP contribution in [-0.2, 0) is 17.7 Å². The minimum Gasteiger partial charge on any atom is -0.497 e. The summed E-state index contributed by atoms with van der Waals surface area (Å²) in [5.41, 5.74) is 3.50. The molecule has 154 valence electrons. The number of hydrogen-bond acceptors (Lipinski definition) is 5. The highest BCUT2D eigenvalue weighted by atomic mass is 79.9. The lowest BCUT2D eigenvalue weighted by Gasteiger charge is -2.35. The molecule has 0 saturated heterocycles.